The quantitative estimate of drug-likeness (QED) is 0.803. The molecule has 2 rings (SSSR count). The number of hydrogen-bond acceptors (Lipinski definition) is 3. The van der Waals surface area contributed by atoms with Gasteiger partial charge in [0.25, 0.3) is 0 Å². The van der Waals surface area contributed by atoms with Crippen LogP contribution >= 0.6 is 0 Å². The minimum Gasteiger partial charge on any atom is -0.396 e. The van der Waals surface area contributed by atoms with Crippen molar-refractivity contribution in [3.05, 3.63) is 0 Å². The van der Waals surface area contributed by atoms with Crippen molar-refractivity contribution in [3.63, 3.8) is 0 Å². The second-order valence-electron chi connectivity index (χ2n) is 5.86. The van der Waals surface area contributed by atoms with E-state index in [4.69, 9.17) is 4.74 Å². The van der Waals surface area contributed by atoms with Gasteiger partial charge in [0.15, 0.2) is 0 Å². The number of rotatable bonds is 5. The fourth-order valence-corrected chi connectivity index (χ4v) is 2.70. The standard InChI is InChI=1S/C12H23NO2.C2H6/c1-11(9-14)5-6-13(7-11)8-12(3-4-12)10-15-2;1-2/h14H,3-10H2,1-2H3;1-2H3. The predicted octanol–water partition coefficient (Wildman–Crippen LogP) is 2.14. The molecular formula is C14H29NO2. The van der Waals surface area contributed by atoms with Crippen LogP contribution in [0.15, 0.2) is 0 Å². The van der Waals surface area contributed by atoms with Crippen molar-refractivity contribution in [2.24, 2.45) is 10.8 Å². The number of nitrogens with zero attached hydrogens (tertiary/aromatic N) is 1. The molecule has 0 bridgehead atoms. The highest BCUT2D eigenvalue weighted by atomic mass is 16.5. The molecule has 0 radical (unpaired) electrons. The van der Waals surface area contributed by atoms with Gasteiger partial charge < -0.3 is 14.7 Å². The summed E-state index contributed by atoms with van der Waals surface area (Å²) in [6.07, 6.45) is 3.76. The van der Waals surface area contributed by atoms with Crippen molar-refractivity contribution in [1.29, 1.82) is 0 Å². The third kappa shape index (κ3) is 3.94. The van der Waals surface area contributed by atoms with Crippen molar-refractivity contribution in [2.75, 3.05) is 40.0 Å². The van der Waals surface area contributed by atoms with Gasteiger partial charge in [0.2, 0.25) is 0 Å². The molecule has 1 aliphatic carbocycles. The van der Waals surface area contributed by atoms with Crippen LogP contribution in [0.25, 0.3) is 0 Å². The Hall–Kier alpha value is -0.120. The summed E-state index contributed by atoms with van der Waals surface area (Å²) in [5.74, 6) is 0. The molecule has 1 heterocycles. The molecule has 3 heteroatoms. The molecule has 2 fully saturated rings. The van der Waals surface area contributed by atoms with E-state index in [0.717, 1.165) is 32.7 Å². The molecule has 3 nitrogen and oxygen atoms in total. The molecule has 1 N–H and O–H groups in total. The van der Waals surface area contributed by atoms with E-state index in [-0.39, 0.29) is 5.41 Å². The van der Waals surface area contributed by atoms with Gasteiger partial charge in [0, 0.05) is 37.6 Å². The molecule has 102 valence electrons. The van der Waals surface area contributed by atoms with E-state index in [2.05, 4.69) is 11.8 Å². The molecule has 1 saturated heterocycles. The highest BCUT2D eigenvalue weighted by Gasteiger charge is 2.46. The SMILES string of the molecule is CC.COCC1(CN2CCC(C)(CO)C2)CC1. The molecule has 17 heavy (non-hydrogen) atoms. The molecule has 1 aliphatic heterocycles. The van der Waals surface area contributed by atoms with Gasteiger partial charge >= 0.3 is 0 Å². The second-order valence-corrected chi connectivity index (χ2v) is 5.86. The van der Waals surface area contributed by atoms with Crippen LogP contribution in [-0.4, -0.2) is 50.0 Å². The van der Waals surface area contributed by atoms with E-state index in [1.807, 2.05) is 13.8 Å². The predicted molar refractivity (Wildman–Crippen MR) is 71.1 cm³/mol. The minimum absolute atomic E-state index is 0.142. The Morgan fingerprint density at radius 1 is 1.24 bits per heavy atom. The van der Waals surface area contributed by atoms with Crippen LogP contribution in [0.4, 0.5) is 0 Å². The van der Waals surface area contributed by atoms with Crippen LogP contribution in [-0.2, 0) is 4.74 Å². The third-order valence-electron chi connectivity index (χ3n) is 3.99. The molecule has 1 saturated carbocycles. The third-order valence-corrected chi connectivity index (χ3v) is 3.99. The van der Waals surface area contributed by atoms with Crippen molar-refractivity contribution in [1.82, 2.24) is 4.90 Å². The van der Waals surface area contributed by atoms with Gasteiger partial charge in [0.1, 0.15) is 0 Å². The first kappa shape index (κ1) is 14.9. The fourth-order valence-electron chi connectivity index (χ4n) is 2.70. The summed E-state index contributed by atoms with van der Waals surface area (Å²) in [6.45, 7) is 10.8. The minimum atomic E-state index is 0.142. The average Bonchev–Trinajstić information content (AvgIpc) is 2.99. The number of aliphatic hydroxyl groups excluding tert-OH is 1. The maximum atomic E-state index is 9.31. The van der Waals surface area contributed by atoms with Gasteiger partial charge in [-0.1, -0.05) is 20.8 Å². The molecule has 0 aromatic heterocycles. The Balaban J connectivity index is 0.000000686. The van der Waals surface area contributed by atoms with E-state index in [9.17, 15) is 5.11 Å². The Morgan fingerprint density at radius 3 is 2.29 bits per heavy atom. The molecule has 0 aromatic carbocycles. The first-order valence-electron chi connectivity index (χ1n) is 6.94. The van der Waals surface area contributed by atoms with Crippen molar-refractivity contribution in [2.45, 2.75) is 40.0 Å². The average molecular weight is 243 g/mol. The Labute approximate surface area is 106 Å². The van der Waals surface area contributed by atoms with Gasteiger partial charge in [-0.05, 0) is 25.8 Å². The van der Waals surface area contributed by atoms with E-state index >= 15 is 0 Å². The summed E-state index contributed by atoms with van der Waals surface area (Å²) in [6, 6.07) is 0. The smallest absolute Gasteiger partial charge is 0.0530 e. The van der Waals surface area contributed by atoms with Crippen molar-refractivity contribution < 1.29 is 9.84 Å². The van der Waals surface area contributed by atoms with Crippen LogP contribution in [0.5, 0.6) is 0 Å². The summed E-state index contributed by atoms with van der Waals surface area (Å²) >= 11 is 0. The topological polar surface area (TPSA) is 32.7 Å². The highest BCUT2D eigenvalue weighted by molar-refractivity contribution is 4.98. The van der Waals surface area contributed by atoms with Gasteiger partial charge in [-0.15, -0.1) is 0 Å². The van der Waals surface area contributed by atoms with Crippen LogP contribution in [0, 0.1) is 10.8 Å². The molecular weight excluding hydrogens is 214 g/mol. The van der Waals surface area contributed by atoms with Gasteiger partial charge in [0.05, 0.1) is 6.61 Å². The van der Waals surface area contributed by atoms with Crippen LogP contribution in [0.2, 0.25) is 0 Å². The van der Waals surface area contributed by atoms with Crippen molar-refractivity contribution >= 4 is 0 Å². The second kappa shape index (κ2) is 6.17. The molecule has 0 amide bonds. The van der Waals surface area contributed by atoms with Gasteiger partial charge in [-0.2, -0.15) is 0 Å². The fraction of sp³-hybridized carbons (Fsp3) is 1.00. The zero-order chi connectivity index (χ0) is 12.9. The lowest BCUT2D eigenvalue weighted by molar-refractivity contribution is 0.103. The lowest BCUT2D eigenvalue weighted by Gasteiger charge is -2.25. The number of aliphatic hydroxyl groups is 1. The zero-order valence-corrected chi connectivity index (χ0v) is 12.0. The maximum Gasteiger partial charge on any atom is 0.0530 e. The largest absolute Gasteiger partial charge is 0.396 e. The van der Waals surface area contributed by atoms with Crippen molar-refractivity contribution in [3.8, 4) is 0 Å². The van der Waals surface area contributed by atoms with Crippen LogP contribution in [0.1, 0.15) is 40.0 Å². The number of methoxy groups -OCH3 is 1. The van der Waals surface area contributed by atoms with E-state index in [0.29, 0.717) is 12.0 Å². The maximum absolute atomic E-state index is 9.31. The van der Waals surface area contributed by atoms with E-state index < -0.39 is 0 Å². The Bertz CT molecular complexity index is 228. The lowest BCUT2D eigenvalue weighted by Crippen LogP contribution is -2.33. The molecule has 2 aliphatic rings. The Kier molecular flexibility index (Phi) is 5.42. The summed E-state index contributed by atoms with van der Waals surface area (Å²) in [5.41, 5.74) is 0.596. The van der Waals surface area contributed by atoms with E-state index in [1.165, 1.54) is 12.8 Å². The normalized spacial score (nSPS) is 30.9. The first-order chi connectivity index (χ1) is 8.11. The zero-order valence-electron chi connectivity index (χ0n) is 12.0. The summed E-state index contributed by atoms with van der Waals surface area (Å²) < 4.78 is 5.28. The van der Waals surface area contributed by atoms with E-state index in [1.54, 1.807) is 7.11 Å². The lowest BCUT2D eigenvalue weighted by atomic mass is 9.91. The summed E-state index contributed by atoms with van der Waals surface area (Å²) in [5, 5.41) is 9.31. The van der Waals surface area contributed by atoms with Gasteiger partial charge in [-0.25, -0.2) is 0 Å². The molecule has 1 unspecified atom stereocenters. The number of ether oxygens (including phenoxy) is 1. The summed E-state index contributed by atoms with van der Waals surface area (Å²) in [7, 11) is 1.79. The first-order valence-corrected chi connectivity index (χ1v) is 6.94. The molecule has 0 aromatic rings. The monoisotopic (exact) mass is 243 g/mol. The Morgan fingerprint density at radius 2 is 1.88 bits per heavy atom. The number of likely N-dealkylation sites (tertiary alicyclic amines) is 1. The van der Waals surface area contributed by atoms with Gasteiger partial charge in [-0.3, -0.25) is 0 Å². The molecule has 0 spiro atoms. The van der Waals surface area contributed by atoms with Crippen LogP contribution in [0.3, 0.4) is 0 Å². The highest BCUT2D eigenvalue weighted by Crippen LogP contribution is 2.47. The number of hydrogen-bond donors (Lipinski definition) is 1. The van der Waals surface area contributed by atoms with Crippen LogP contribution < -0.4 is 0 Å². The summed E-state index contributed by atoms with van der Waals surface area (Å²) in [4.78, 5) is 2.50. The molecule has 1 atom stereocenters.